The van der Waals surface area contributed by atoms with Crippen molar-refractivity contribution in [2.75, 3.05) is 11.5 Å². The van der Waals surface area contributed by atoms with Gasteiger partial charge in [0.1, 0.15) is 17.2 Å². The molecule has 1 fully saturated rings. The van der Waals surface area contributed by atoms with E-state index in [1.54, 1.807) is 18.2 Å². The normalized spacial score (nSPS) is 14.7. The third-order valence-corrected chi connectivity index (χ3v) is 6.23. The smallest absolute Gasteiger partial charge is 0.131 e. The second-order valence-electron chi connectivity index (χ2n) is 5.09. The first kappa shape index (κ1) is 15.4. The molecule has 2 aromatic rings. The summed E-state index contributed by atoms with van der Waals surface area (Å²) in [5.74, 6) is 4.06. The molecule has 1 aliphatic rings. The summed E-state index contributed by atoms with van der Waals surface area (Å²) in [6, 6.07) is 15.0. The van der Waals surface area contributed by atoms with Crippen LogP contribution in [-0.2, 0) is 0 Å². The molecule has 0 amide bonds. The van der Waals surface area contributed by atoms with Gasteiger partial charge in [0.2, 0.25) is 0 Å². The molecule has 2 aromatic carbocycles. The predicted octanol–water partition coefficient (Wildman–Crippen LogP) is 5.74. The van der Waals surface area contributed by atoms with E-state index in [2.05, 4.69) is 19.1 Å². The molecular formula is C18H18O2S2. The highest BCUT2D eigenvalue weighted by atomic mass is 32.2. The third kappa shape index (κ3) is 3.81. The molecule has 0 aliphatic carbocycles. The molecule has 0 spiro atoms. The lowest BCUT2D eigenvalue weighted by atomic mass is 10.1. The first-order chi connectivity index (χ1) is 10.7. The van der Waals surface area contributed by atoms with Crippen molar-refractivity contribution in [1.29, 1.82) is 0 Å². The van der Waals surface area contributed by atoms with Crippen molar-refractivity contribution in [2.45, 2.75) is 13.3 Å². The van der Waals surface area contributed by atoms with Gasteiger partial charge in [-0.3, -0.25) is 0 Å². The SMILES string of the molecule is CC(=C1SCCCS1)c1ccc(Oc2cccc(O)c2)cc1. The number of benzene rings is 2. The van der Waals surface area contributed by atoms with Crippen LogP contribution in [0.1, 0.15) is 18.9 Å². The largest absolute Gasteiger partial charge is 0.508 e. The van der Waals surface area contributed by atoms with E-state index in [9.17, 15) is 5.11 Å². The fourth-order valence-electron chi connectivity index (χ4n) is 2.22. The van der Waals surface area contributed by atoms with Gasteiger partial charge in [-0.15, -0.1) is 23.5 Å². The van der Waals surface area contributed by atoms with Crippen LogP contribution in [0.3, 0.4) is 0 Å². The molecule has 1 aliphatic heterocycles. The van der Waals surface area contributed by atoms with Gasteiger partial charge in [0.05, 0.1) is 0 Å². The van der Waals surface area contributed by atoms with Crippen LogP contribution in [0.2, 0.25) is 0 Å². The van der Waals surface area contributed by atoms with Crippen molar-refractivity contribution in [3.63, 3.8) is 0 Å². The van der Waals surface area contributed by atoms with Crippen molar-refractivity contribution in [2.24, 2.45) is 0 Å². The first-order valence-electron chi connectivity index (χ1n) is 7.26. The second kappa shape index (κ2) is 7.16. The predicted molar refractivity (Wildman–Crippen MR) is 96.7 cm³/mol. The Bertz CT molecular complexity index is 670. The molecule has 4 heteroatoms. The minimum absolute atomic E-state index is 0.209. The van der Waals surface area contributed by atoms with Crippen LogP contribution in [0.15, 0.2) is 52.8 Å². The summed E-state index contributed by atoms with van der Waals surface area (Å²) >= 11 is 3.92. The lowest BCUT2D eigenvalue weighted by Crippen LogP contribution is -1.94. The van der Waals surface area contributed by atoms with E-state index >= 15 is 0 Å². The van der Waals surface area contributed by atoms with E-state index < -0.39 is 0 Å². The molecule has 1 heterocycles. The fraction of sp³-hybridized carbons (Fsp3) is 0.222. The highest BCUT2D eigenvalue weighted by molar-refractivity contribution is 8.23. The lowest BCUT2D eigenvalue weighted by molar-refractivity contribution is 0.455. The van der Waals surface area contributed by atoms with Gasteiger partial charge < -0.3 is 9.84 Å². The number of phenols is 1. The van der Waals surface area contributed by atoms with Crippen molar-refractivity contribution in [3.8, 4) is 17.2 Å². The number of aromatic hydroxyl groups is 1. The number of thioether (sulfide) groups is 2. The average Bonchev–Trinajstić information content (AvgIpc) is 2.56. The van der Waals surface area contributed by atoms with Crippen LogP contribution in [0.5, 0.6) is 17.2 Å². The topological polar surface area (TPSA) is 29.5 Å². The molecule has 0 unspecified atom stereocenters. The second-order valence-corrected chi connectivity index (χ2v) is 7.56. The first-order valence-corrected chi connectivity index (χ1v) is 9.23. The molecule has 1 N–H and O–H groups in total. The van der Waals surface area contributed by atoms with Crippen LogP contribution >= 0.6 is 23.5 Å². The van der Waals surface area contributed by atoms with E-state index in [0.717, 1.165) is 5.75 Å². The molecule has 0 saturated carbocycles. The Morgan fingerprint density at radius 1 is 1.00 bits per heavy atom. The number of phenolic OH excluding ortho intramolecular Hbond substituents is 1. The maximum absolute atomic E-state index is 9.46. The van der Waals surface area contributed by atoms with Gasteiger partial charge >= 0.3 is 0 Å². The van der Waals surface area contributed by atoms with Crippen LogP contribution in [0.4, 0.5) is 0 Å². The average molecular weight is 330 g/mol. The van der Waals surface area contributed by atoms with E-state index in [4.69, 9.17) is 4.74 Å². The Hall–Kier alpha value is -1.52. The molecule has 3 rings (SSSR count). The molecule has 0 atom stereocenters. The number of allylic oxidation sites excluding steroid dienone is 1. The standard InChI is InChI=1S/C18H18O2S2/c1-13(18-21-10-3-11-22-18)14-6-8-16(9-7-14)20-17-5-2-4-15(19)12-17/h2,4-9,12,19H,3,10-11H2,1H3. The lowest BCUT2D eigenvalue weighted by Gasteiger charge is -2.16. The van der Waals surface area contributed by atoms with E-state index in [1.807, 2.05) is 41.7 Å². The summed E-state index contributed by atoms with van der Waals surface area (Å²) in [5, 5.41) is 9.46. The van der Waals surface area contributed by atoms with Crippen molar-refractivity contribution in [3.05, 3.63) is 58.3 Å². The Morgan fingerprint density at radius 3 is 2.41 bits per heavy atom. The monoisotopic (exact) mass is 330 g/mol. The number of hydrogen-bond acceptors (Lipinski definition) is 4. The van der Waals surface area contributed by atoms with Crippen LogP contribution in [0.25, 0.3) is 5.57 Å². The maximum Gasteiger partial charge on any atom is 0.131 e. The molecule has 0 bridgehead atoms. The van der Waals surface area contributed by atoms with E-state index in [0.29, 0.717) is 5.75 Å². The van der Waals surface area contributed by atoms with E-state index in [-0.39, 0.29) is 5.75 Å². The number of ether oxygens (including phenoxy) is 1. The molecule has 1 saturated heterocycles. The molecule has 114 valence electrons. The zero-order valence-corrected chi connectivity index (χ0v) is 14.0. The maximum atomic E-state index is 9.46. The van der Waals surface area contributed by atoms with Crippen LogP contribution in [-0.4, -0.2) is 16.6 Å². The summed E-state index contributed by atoms with van der Waals surface area (Å²) in [7, 11) is 0. The Morgan fingerprint density at radius 2 is 1.73 bits per heavy atom. The van der Waals surface area contributed by atoms with Gasteiger partial charge in [-0.25, -0.2) is 0 Å². The number of rotatable bonds is 3. The zero-order chi connectivity index (χ0) is 15.4. The minimum atomic E-state index is 0.209. The van der Waals surface area contributed by atoms with Crippen molar-refractivity contribution >= 4 is 29.1 Å². The molecule has 2 nitrogen and oxygen atoms in total. The summed E-state index contributed by atoms with van der Waals surface area (Å²) in [4.78, 5) is 0. The van der Waals surface area contributed by atoms with Gasteiger partial charge in [-0.2, -0.15) is 0 Å². The van der Waals surface area contributed by atoms with Crippen LogP contribution < -0.4 is 4.74 Å². The van der Waals surface area contributed by atoms with Crippen LogP contribution in [0, 0.1) is 0 Å². The highest BCUT2D eigenvalue weighted by Crippen LogP contribution is 2.40. The van der Waals surface area contributed by atoms with Gasteiger partial charge in [-0.05, 0) is 60.3 Å². The number of hydrogen-bond donors (Lipinski definition) is 1. The minimum Gasteiger partial charge on any atom is -0.508 e. The zero-order valence-electron chi connectivity index (χ0n) is 12.4. The van der Waals surface area contributed by atoms with Gasteiger partial charge in [0.15, 0.2) is 0 Å². The summed E-state index contributed by atoms with van der Waals surface area (Å²) in [5.41, 5.74) is 2.58. The van der Waals surface area contributed by atoms with Crippen molar-refractivity contribution in [1.82, 2.24) is 0 Å². The van der Waals surface area contributed by atoms with E-state index in [1.165, 1.54) is 33.3 Å². The fourth-order valence-corrected chi connectivity index (χ4v) is 4.85. The molecule has 22 heavy (non-hydrogen) atoms. The quantitative estimate of drug-likeness (QED) is 0.776. The Labute approximate surface area is 139 Å². The summed E-state index contributed by atoms with van der Waals surface area (Å²) in [6.45, 7) is 2.19. The van der Waals surface area contributed by atoms with Gasteiger partial charge in [-0.1, -0.05) is 18.2 Å². The summed E-state index contributed by atoms with van der Waals surface area (Å²) < 4.78 is 7.19. The van der Waals surface area contributed by atoms with Gasteiger partial charge in [0.25, 0.3) is 0 Å². The molecular weight excluding hydrogens is 312 g/mol. The molecule has 0 aromatic heterocycles. The highest BCUT2D eigenvalue weighted by Gasteiger charge is 2.11. The van der Waals surface area contributed by atoms with Crippen molar-refractivity contribution < 1.29 is 9.84 Å². The molecule has 0 radical (unpaired) electrons. The third-order valence-electron chi connectivity index (χ3n) is 3.40. The van der Waals surface area contributed by atoms with Gasteiger partial charge in [0, 0.05) is 10.3 Å². The Balaban J connectivity index is 1.75. The summed E-state index contributed by atoms with van der Waals surface area (Å²) in [6.07, 6.45) is 1.29. The Kier molecular flexibility index (Phi) is 5.01.